The molecule has 0 saturated heterocycles. The summed E-state index contributed by atoms with van der Waals surface area (Å²) in [5.41, 5.74) is 7.97. The van der Waals surface area contributed by atoms with E-state index in [0.29, 0.717) is 5.70 Å². The zero-order chi connectivity index (χ0) is 23.9. The first-order valence-electron chi connectivity index (χ1n) is 11.1. The molecular weight excluding hydrogens is 386 g/mol. The normalized spacial score (nSPS) is 14.3. The number of aliphatic imine (C=N–C) groups is 1. The lowest BCUT2D eigenvalue weighted by Gasteiger charge is -2.07. The lowest BCUT2D eigenvalue weighted by atomic mass is 10.0. The van der Waals surface area contributed by atoms with Crippen LogP contribution in [0.3, 0.4) is 0 Å². The predicted molar refractivity (Wildman–Crippen MR) is 146 cm³/mol. The van der Waals surface area contributed by atoms with Gasteiger partial charge in [0.25, 0.3) is 0 Å². The van der Waals surface area contributed by atoms with Crippen molar-refractivity contribution in [1.82, 2.24) is 0 Å². The molecule has 0 saturated carbocycles. The summed E-state index contributed by atoms with van der Waals surface area (Å²) < 4.78 is 0. The molecule has 1 heteroatoms. The van der Waals surface area contributed by atoms with Crippen LogP contribution in [0.4, 0.5) is 0 Å². The average Bonchev–Trinajstić information content (AvgIpc) is 2.79. The van der Waals surface area contributed by atoms with Crippen LogP contribution in [-0.4, -0.2) is 5.71 Å². The molecule has 0 aliphatic rings. The van der Waals surface area contributed by atoms with Gasteiger partial charge in [-0.05, 0) is 67.5 Å². The Balaban J connectivity index is 3.06. The fraction of sp³-hybridized carbons (Fsp3) is 0.194. The van der Waals surface area contributed by atoms with Crippen LogP contribution in [-0.2, 0) is 0 Å². The van der Waals surface area contributed by atoms with E-state index < -0.39 is 0 Å². The first-order chi connectivity index (χ1) is 15.4. The van der Waals surface area contributed by atoms with Crippen molar-refractivity contribution in [3.8, 4) is 0 Å². The first kappa shape index (κ1) is 26.6. The smallest absolute Gasteiger partial charge is 0.0633 e. The van der Waals surface area contributed by atoms with E-state index in [2.05, 4.69) is 70.0 Å². The van der Waals surface area contributed by atoms with Gasteiger partial charge in [0.2, 0.25) is 0 Å². The van der Waals surface area contributed by atoms with E-state index in [1.165, 1.54) is 11.1 Å². The minimum atomic E-state index is 0.682. The molecule has 0 N–H and O–H groups in total. The van der Waals surface area contributed by atoms with Gasteiger partial charge in [0.15, 0.2) is 0 Å². The standard InChI is InChI=1S/C31H37N/c1-9-16-30(17-10-2)24(5)20-22-28(11-3)26(7)32-27(8)29(12-4)23-21-25(6)31-18-14-13-15-19-31/h9,11-23H,4-5,8,10H2,1-3,6-7H3/b16-9-,22-20-,25-21+,28-11+,29-23+,30-17+,32-26?. The first-order valence-corrected chi connectivity index (χ1v) is 11.1. The Kier molecular flexibility index (Phi) is 12.1. The van der Waals surface area contributed by atoms with E-state index in [-0.39, 0.29) is 0 Å². The molecule has 1 aromatic carbocycles. The third-order valence-corrected chi connectivity index (χ3v) is 4.93. The van der Waals surface area contributed by atoms with Crippen molar-refractivity contribution in [2.24, 2.45) is 4.99 Å². The van der Waals surface area contributed by atoms with Gasteiger partial charge in [-0.3, -0.25) is 4.99 Å². The maximum Gasteiger partial charge on any atom is 0.0633 e. The van der Waals surface area contributed by atoms with Crippen molar-refractivity contribution < 1.29 is 0 Å². The molecule has 0 spiro atoms. The highest BCUT2D eigenvalue weighted by atomic mass is 14.8. The van der Waals surface area contributed by atoms with Crippen molar-refractivity contribution in [3.63, 3.8) is 0 Å². The molecule has 0 heterocycles. The van der Waals surface area contributed by atoms with Gasteiger partial charge in [0.05, 0.1) is 5.70 Å². The van der Waals surface area contributed by atoms with Crippen LogP contribution in [0.2, 0.25) is 0 Å². The van der Waals surface area contributed by atoms with E-state index in [1.807, 2.05) is 63.3 Å². The number of hydrogen-bond acceptors (Lipinski definition) is 1. The fourth-order valence-electron chi connectivity index (χ4n) is 3.04. The molecule has 0 bridgehead atoms. The highest BCUT2D eigenvalue weighted by Crippen LogP contribution is 2.18. The van der Waals surface area contributed by atoms with E-state index in [1.54, 1.807) is 6.08 Å². The molecule has 32 heavy (non-hydrogen) atoms. The van der Waals surface area contributed by atoms with Crippen LogP contribution < -0.4 is 0 Å². The second-order valence-electron chi connectivity index (χ2n) is 7.36. The molecule has 0 aliphatic carbocycles. The average molecular weight is 424 g/mol. The van der Waals surface area contributed by atoms with Gasteiger partial charge in [0.1, 0.15) is 0 Å². The summed E-state index contributed by atoms with van der Waals surface area (Å²) in [4.78, 5) is 4.74. The zero-order valence-electron chi connectivity index (χ0n) is 20.4. The zero-order valence-corrected chi connectivity index (χ0v) is 20.4. The van der Waals surface area contributed by atoms with Gasteiger partial charge in [-0.1, -0.05) is 112 Å². The van der Waals surface area contributed by atoms with Gasteiger partial charge in [-0.25, -0.2) is 0 Å². The second-order valence-corrected chi connectivity index (χ2v) is 7.36. The van der Waals surface area contributed by atoms with E-state index >= 15 is 0 Å². The molecule has 1 aromatic rings. The van der Waals surface area contributed by atoms with E-state index in [4.69, 9.17) is 4.99 Å². The summed E-state index contributed by atoms with van der Waals surface area (Å²) >= 11 is 0. The molecule has 0 fully saturated rings. The maximum atomic E-state index is 4.74. The molecule has 0 atom stereocenters. The monoisotopic (exact) mass is 423 g/mol. The minimum absolute atomic E-state index is 0.682. The van der Waals surface area contributed by atoms with Crippen molar-refractivity contribution in [1.29, 1.82) is 0 Å². The van der Waals surface area contributed by atoms with Gasteiger partial charge in [-0.2, -0.15) is 0 Å². The Bertz CT molecular complexity index is 1020. The quantitative estimate of drug-likeness (QED) is 0.248. The summed E-state index contributed by atoms with van der Waals surface area (Å²) in [7, 11) is 0. The Morgan fingerprint density at radius 2 is 1.59 bits per heavy atom. The molecule has 0 aromatic heterocycles. The number of allylic oxidation sites excluding steroid dienone is 13. The third kappa shape index (κ3) is 8.73. The summed E-state index contributed by atoms with van der Waals surface area (Å²) in [6, 6.07) is 10.3. The Labute approximate surface area is 195 Å². The number of benzene rings is 1. The largest absolute Gasteiger partial charge is 0.253 e. The van der Waals surface area contributed by atoms with Crippen molar-refractivity contribution in [3.05, 3.63) is 138 Å². The van der Waals surface area contributed by atoms with Gasteiger partial charge in [-0.15, -0.1) is 0 Å². The summed E-state index contributed by atoms with van der Waals surface area (Å²) in [5, 5.41) is 0. The third-order valence-electron chi connectivity index (χ3n) is 4.93. The highest BCUT2D eigenvalue weighted by Gasteiger charge is 2.02. The topological polar surface area (TPSA) is 12.4 Å². The van der Waals surface area contributed by atoms with Crippen molar-refractivity contribution in [2.45, 2.75) is 41.0 Å². The number of nitrogens with zero attached hydrogens (tertiary/aromatic N) is 1. The summed E-state index contributed by atoms with van der Waals surface area (Å²) in [6.45, 7) is 22.5. The summed E-state index contributed by atoms with van der Waals surface area (Å²) in [5.74, 6) is 0. The molecule has 1 nitrogen and oxygen atoms in total. The number of rotatable bonds is 11. The molecule has 0 unspecified atom stereocenters. The molecule has 0 amide bonds. The number of hydrogen-bond donors (Lipinski definition) is 0. The van der Waals surface area contributed by atoms with Crippen LogP contribution in [0, 0.1) is 0 Å². The van der Waals surface area contributed by atoms with E-state index in [9.17, 15) is 0 Å². The Hall–Kier alpha value is -3.45. The van der Waals surface area contributed by atoms with Crippen molar-refractivity contribution >= 4 is 11.3 Å². The maximum absolute atomic E-state index is 4.74. The molecule has 166 valence electrons. The fourth-order valence-corrected chi connectivity index (χ4v) is 3.04. The summed E-state index contributed by atoms with van der Waals surface area (Å²) in [6.07, 6.45) is 19.3. The molecule has 0 aliphatic heterocycles. The van der Waals surface area contributed by atoms with Crippen LogP contribution in [0.15, 0.2) is 138 Å². The Morgan fingerprint density at radius 1 is 0.906 bits per heavy atom. The lowest BCUT2D eigenvalue weighted by Crippen LogP contribution is -1.97. The Morgan fingerprint density at radius 3 is 2.16 bits per heavy atom. The van der Waals surface area contributed by atoms with E-state index in [0.717, 1.165) is 34.4 Å². The van der Waals surface area contributed by atoms with Gasteiger partial charge in [0, 0.05) is 5.71 Å². The van der Waals surface area contributed by atoms with Crippen LogP contribution in [0.25, 0.3) is 5.57 Å². The predicted octanol–water partition coefficient (Wildman–Crippen LogP) is 9.15. The SMILES string of the molecule is C=C/C(=C\C=C(/C)c1ccccc1)C(=C)N=C(C)C(/C=C\C(=C)C(/C=C\C)=C/CC)=C/C. The van der Waals surface area contributed by atoms with Crippen LogP contribution in [0.1, 0.15) is 46.6 Å². The molecule has 1 rings (SSSR count). The van der Waals surface area contributed by atoms with Crippen molar-refractivity contribution in [2.75, 3.05) is 0 Å². The van der Waals surface area contributed by atoms with Crippen LogP contribution in [0.5, 0.6) is 0 Å². The lowest BCUT2D eigenvalue weighted by molar-refractivity contribution is 1.20. The van der Waals surface area contributed by atoms with Crippen LogP contribution >= 0.6 is 0 Å². The molecular formula is C31H37N. The van der Waals surface area contributed by atoms with Gasteiger partial charge >= 0.3 is 0 Å². The molecule has 0 radical (unpaired) electrons. The minimum Gasteiger partial charge on any atom is -0.253 e. The van der Waals surface area contributed by atoms with Gasteiger partial charge < -0.3 is 0 Å². The highest BCUT2D eigenvalue weighted by molar-refractivity contribution is 6.01. The second kappa shape index (κ2) is 14.5.